The number of carbonyl (C=O) groups is 1. The van der Waals surface area contributed by atoms with Crippen LogP contribution in [-0.4, -0.2) is 27.6 Å². The van der Waals surface area contributed by atoms with Crippen molar-refractivity contribution in [2.75, 3.05) is 6.54 Å². The maximum absolute atomic E-state index is 14.6. The molecule has 0 aliphatic rings. The highest BCUT2D eigenvalue weighted by molar-refractivity contribution is 5.94. The van der Waals surface area contributed by atoms with E-state index in [0.29, 0.717) is 47.1 Å². The summed E-state index contributed by atoms with van der Waals surface area (Å²) in [5.41, 5.74) is 1.71. The molecule has 2 N–H and O–H groups in total. The zero-order chi connectivity index (χ0) is 21.1. The summed E-state index contributed by atoms with van der Waals surface area (Å²) in [6.45, 7) is 2.01. The highest BCUT2D eigenvalue weighted by Gasteiger charge is 2.13. The molecule has 0 aliphatic carbocycles. The molecule has 152 valence electrons. The maximum Gasteiger partial charge on any atom is 0.251 e. The number of aromatic amines is 1. The van der Waals surface area contributed by atoms with Crippen LogP contribution in [0.3, 0.4) is 0 Å². The van der Waals surface area contributed by atoms with Gasteiger partial charge in [0.25, 0.3) is 5.91 Å². The molecule has 0 saturated heterocycles. The van der Waals surface area contributed by atoms with Crippen molar-refractivity contribution in [2.24, 2.45) is 0 Å². The molecule has 4 rings (SSSR count). The van der Waals surface area contributed by atoms with E-state index < -0.39 is 11.7 Å². The van der Waals surface area contributed by atoms with Crippen LogP contribution >= 0.6 is 0 Å². The zero-order valence-electron chi connectivity index (χ0n) is 16.1. The van der Waals surface area contributed by atoms with Crippen molar-refractivity contribution in [2.45, 2.75) is 13.3 Å². The molecule has 2 aromatic carbocycles. The van der Waals surface area contributed by atoms with Crippen LogP contribution in [0.1, 0.15) is 21.7 Å². The van der Waals surface area contributed by atoms with Gasteiger partial charge in [-0.3, -0.25) is 9.89 Å². The highest BCUT2D eigenvalue weighted by Crippen LogP contribution is 2.27. The summed E-state index contributed by atoms with van der Waals surface area (Å²) in [7, 11) is 0. The van der Waals surface area contributed by atoms with Gasteiger partial charge in [0, 0.05) is 24.1 Å². The highest BCUT2D eigenvalue weighted by atomic mass is 19.1. The Morgan fingerprint density at radius 2 is 1.97 bits per heavy atom. The molecule has 6 nitrogen and oxygen atoms in total. The summed E-state index contributed by atoms with van der Waals surface area (Å²) in [4.78, 5) is 16.6. The lowest BCUT2D eigenvalue weighted by Gasteiger charge is -2.10. The first-order chi connectivity index (χ1) is 14.5. The van der Waals surface area contributed by atoms with Gasteiger partial charge in [-0.05, 0) is 54.4 Å². The molecular weight excluding hydrogens is 390 g/mol. The molecule has 0 atom stereocenters. The molecule has 0 bridgehead atoms. The minimum absolute atomic E-state index is 0.199. The Labute approximate surface area is 171 Å². The summed E-state index contributed by atoms with van der Waals surface area (Å²) < 4.78 is 33.1. The van der Waals surface area contributed by atoms with E-state index >= 15 is 0 Å². The monoisotopic (exact) mass is 408 g/mol. The fourth-order valence-corrected chi connectivity index (χ4v) is 3.12. The van der Waals surface area contributed by atoms with E-state index in [1.807, 2.05) is 0 Å². The molecule has 30 heavy (non-hydrogen) atoms. The van der Waals surface area contributed by atoms with Gasteiger partial charge in [-0.25, -0.2) is 13.8 Å². The SMILES string of the molecule is Cc1cc(F)ccc1-c1ccc(C(=O)NCCc2nc(-c3ccco3)n[nH]2)cc1F. The van der Waals surface area contributed by atoms with Crippen molar-refractivity contribution in [3.05, 3.63) is 83.4 Å². The van der Waals surface area contributed by atoms with Gasteiger partial charge in [-0.15, -0.1) is 0 Å². The number of nitrogens with one attached hydrogen (secondary N) is 2. The normalized spacial score (nSPS) is 10.9. The Balaban J connectivity index is 1.38. The fourth-order valence-electron chi connectivity index (χ4n) is 3.12. The van der Waals surface area contributed by atoms with Crippen LogP contribution in [0.15, 0.2) is 59.2 Å². The number of halogens is 2. The summed E-state index contributed by atoms with van der Waals surface area (Å²) in [6, 6.07) is 11.9. The number of nitrogens with zero attached hydrogens (tertiary/aromatic N) is 2. The number of H-pyrrole nitrogens is 1. The van der Waals surface area contributed by atoms with Gasteiger partial charge in [-0.2, -0.15) is 5.10 Å². The lowest BCUT2D eigenvalue weighted by molar-refractivity contribution is 0.0953. The second-order valence-corrected chi connectivity index (χ2v) is 6.74. The number of hydrogen-bond acceptors (Lipinski definition) is 4. The summed E-state index contributed by atoms with van der Waals surface area (Å²) in [5.74, 6) is 0.256. The Morgan fingerprint density at radius 3 is 2.70 bits per heavy atom. The number of benzene rings is 2. The largest absolute Gasteiger partial charge is 0.461 e. The molecule has 2 heterocycles. The standard InChI is InChI=1S/C22H18F2N4O2/c1-13-11-15(23)5-7-16(13)17-6-4-14(12-18(17)24)22(29)25-9-8-20-26-21(28-27-20)19-3-2-10-30-19/h2-7,10-12H,8-9H2,1H3,(H,25,29)(H,26,27,28). The zero-order valence-corrected chi connectivity index (χ0v) is 16.1. The third kappa shape index (κ3) is 4.12. The van der Waals surface area contributed by atoms with Crippen LogP contribution in [-0.2, 0) is 6.42 Å². The van der Waals surface area contributed by atoms with Crippen LogP contribution in [0, 0.1) is 18.6 Å². The van der Waals surface area contributed by atoms with Crippen molar-refractivity contribution in [3.63, 3.8) is 0 Å². The number of carbonyl (C=O) groups excluding carboxylic acids is 1. The topological polar surface area (TPSA) is 83.8 Å². The quantitative estimate of drug-likeness (QED) is 0.499. The molecule has 1 amide bonds. The number of furan rings is 1. The third-order valence-electron chi connectivity index (χ3n) is 4.63. The first-order valence-electron chi connectivity index (χ1n) is 9.30. The summed E-state index contributed by atoms with van der Waals surface area (Å²) in [6.07, 6.45) is 1.96. The summed E-state index contributed by atoms with van der Waals surface area (Å²) >= 11 is 0. The smallest absolute Gasteiger partial charge is 0.251 e. The molecule has 0 unspecified atom stereocenters. The lowest BCUT2D eigenvalue weighted by atomic mass is 9.98. The minimum atomic E-state index is -0.546. The molecule has 0 radical (unpaired) electrons. The molecular formula is C22H18F2N4O2. The Bertz CT molecular complexity index is 1190. The van der Waals surface area contributed by atoms with Crippen molar-refractivity contribution in [1.29, 1.82) is 0 Å². The molecule has 0 spiro atoms. The number of hydrogen-bond donors (Lipinski definition) is 2. The fraction of sp³-hybridized carbons (Fsp3) is 0.136. The van der Waals surface area contributed by atoms with E-state index in [9.17, 15) is 13.6 Å². The van der Waals surface area contributed by atoms with Crippen LogP contribution in [0.5, 0.6) is 0 Å². The van der Waals surface area contributed by atoms with Crippen LogP contribution in [0.2, 0.25) is 0 Å². The van der Waals surface area contributed by atoms with Crippen molar-refractivity contribution in [1.82, 2.24) is 20.5 Å². The van der Waals surface area contributed by atoms with Gasteiger partial charge in [0.15, 0.2) is 5.76 Å². The molecule has 0 fully saturated rings. The third-order valence-corrected chi connectivity index (χ3v) is 4.63. The van der Waals surface area contributed by atoms with Crippen LogP contribution in [0.4, 0.5) is 8.78 Å². The van der Waals surface area contributed by atoms with E-state index in [-0.39, 0.29) is 11.4 Å². The molecule has 0 saturated carbocycles. The van der Waals surface area contributed by atoms with Gasteiger partial charge in [0.1, 0.15) is 17.5 Å². The predicted octanol–water partition coefficient (Wildman–Crippen LogP) is 4.29. The van der Waals surface area contributed by atoms with Crippen molar-refractivity contribution in [3.8, 4) is 22.7 Å². The van der Waals surface area contributed by atoms with Gasteiger partial charge in [-0.1, -0.05) is 12.1 Å². The van der Waals surface area contributed by atoms with Crippen LogP contribution in [0.25, 0.3) is 22.7 Å². The Hall–Kier alpha value is -3.81. The Morgan fingerprint density at radius 1 is 1.13 bits per heavy atom. The number of aromatic nitrogens is 3. The predicted molar refractivity (Wildman–Crippen MR) is 107 cm³/mol. The Kier molecular flexibility index (Phi) is 5.38. The van der Waals surface area contributed by atoms with E-state index in [4.69, 9.17) is 4.42 Å². The summed E-state index contributed by atoms with van der Waals surface area (Å²) in [5, 5.41) is 9.58. The van der Waals surface area contributed by atoms with Gasteiger partial charge in [0.05, 0.1) is 6.26 Å². The molecule has 2 aromatic heterocycles. The van der Waals surface area contributed by atoms with E-state index in [1.54, 1.807) is 25.1 Å². The molecule has 8 heteroatoms. The maximum atomic E-state index is 14.6. The average Bonchev–Trinajstić information content (AvgIpc) is 3.40. The van der Waals surface area contributed by atoms with Crippen molar-refractivity contribution < 1.29 is 18.0 Å². The average molecular weight is 408 g/mol. The van der Waals surface area contributed by atoms with Crippen LogP contribution < -0.4 is 5.32 Å². The minimum Gasteiger partial charge on any atom is -0.461 e. The van der Waals surface area contributed by atoms with E-state index in [1.165, 1.54) is 36.6 Å². The number of aryl methyl sites for hydroxylation is 1. The van der Waals surface area contributed by atoms with E-state index in [2.05, 4.69) is 20.5 Å². The first kappa shape index (κ1) is 19.5. The van der Waals surface area contributed by atoms with Gasteiger partial charge >= 0.3 is 0 Å². The van der Waals surface area contributed by atoms with Crippen molar-refractivity contribution >= 4 is 5.91 Å². The van der Waals surface area contributed by atoms with Gasteiger partial charge < -0.3 is 9.73 Å². The lowest BCUT2D eigenvalue weighted by Crippen LogP contribution is -2.26. The first-order valence-corrected chi connectivity index (χ1v) is 9.30. The van der Waals surface area contributed by atoms with Gasteiger partial charge in [0.2, 0.25) is 5.82 Å². The number of amides is 1. The second-order valence-electron chi connectivity index (χ2n) is 6.74. The second kappa shape index (κ2) is 8.28. The molecule has 4 aromatic rings. The number of rotatable bonds is 6. The van der Waals surface area contributed by atoms with E-state index in [0.717, 1.165) is 0 Å². The molecule has 0 aliphatic heterocycles.